The zero-order valence-corrected chi connectivity index (χ0v) is 11.4. The van der Waals surface area contributed by atoms with Crippen LogP contribution in [0.3, 0.4) is 0 Å². The molecule has 0 amide bonds. The molecule has 1 aromatic carbocycles. The summed E-state index contributed by atoms with van der Waals surface area (Å²) in [5, 5.41) is 3.41. The Kier molecular flexibility index (Phi) is 3.70. The quantitative estimate of drug-likeness (QED) is 0.893. The molecule has 0 unspecified atom stereocenters. The van der Waals surface area contributed by atoms with Crippen LogP contribution >= 0.6 is 0 Å². The third-order valence-corrected chi connectivity index (χ3v) is 3.01. The third kappa shape index (κ3) is 3.36. The molecule has 1 N–H and O–H groups in total. The van der Waals surface area contributed by atoms with Crippen molar-refractivity contribution in [2.75, 3.05) is 11.9 Å². The molecule has 0 saturated carbocycles. The van der Waals surface area contributed by atoms with Gasteiger partial charge in [-0.3, -0.25) is 0 Å². The molecule has 0 radical (unpaired) electrons. The molecule has 0 aliphatic carbocycles. The number of benzene rings is 1. The van der Waals surface area contributed by atoms with Crippen molar-refractivity contribution < 1.29 is 0 Å². The Balaban J connectivity index is 1.87. The fourth-order valence-corrected chi connectivity index (χ4v) is 1.84. The monoisotopic (exact) mass is 243 g/mol. The highest BCUT2D eigenvalue weighted by atomic mass is 15.0. The molecule has 1 aromatic heterocycles. The van der Waals surface area contributed by atoms with Crippen LogP contribution in [0, 0.1) is 0 Å². The SMILES string of the molecule is CC(C)(C)c1ccc(NCCn2ccnc2)cc1. The Morgan fingerprint density at radius 2 is 1.89 bits per heavy atom. The summed E-state index contributed by atoms with van der Waals surface area (Å²) < 4.78 is 2.07. The van der Waals surface area contributed by atoms with Crippen molar-refractivity contribution in [3.63, 3.8) is 0 Å². The van der Waals surface area contributed by atoms with Crippen molar-refractivity contribution in [3.8, 4) is 0 Å². The topological polar surface area (TPSA) is 29.9 Å². The van der Waals surface area contributed by atoms with Crippen LogP contribution < -0.4 is 5.32 Å². The van der Waals surface area contributed by atoms with E-state index in [0.29, 0.717) is 0 Å². The van der Waals surface area contributed by atoms with E-state index in [2.05, 4.69) is 59.9 Å². The van der Waals surface area contributed by atoms with Gasteiger partial charge in [0.15, 0.2) is 0 Å². The fourth-order valence-electron chi connectivity index (χ4n) is 1.84. The molecule has 2 aromatic rings. The van der Waals surface area contributed by atoms with Crippen molar-refractivity contribution in [2.24, 2.45) is 0 Å². The first-order valence-corrected chi connectivity index (χ1v) is 6.36. The van der Waals surface area contributed by atoms with Gasteiger partial charge >= 0.3 is 0 Å². The first-order valence-electron chi connectivity index (χ1n) is 6.36. The summed E-state index contributed by atoms with van der Waals surface area (Å²) in [5.41, 5.74) is 2.75. The lowest BCUT2D eigenvalue weighted by Crippen LogP contribution is -2.12. The summed E-state index contributed by atoms with van der Waals surface area (Å²) in [4.78, 5) is 4.02. The van der Waals surface area contributed by atoms with Gasteiger partial charge in [-0.25, -0.2) is 4.98 Å². The molecule has 18 heavy (non-hydrogen) atoms. The maximum Gasteiger partial charge on any atom is 0.0946 e. The van der Waals surface area contributed by atoms with Gasteiger partial charge < -0.3 is 9.88 Å². The number of aromatic nitrogens is 2. The molecule has 0 saturated heterocycles. The highest BCUT2D eigenvalue weighted by molar-refractivity contribution is 5.45. The van der Waals surface area contributed by atoms with Crippen LogP contribution in [0.2, 0.25) is 0 Å². The van der Waals surface area contributed by atoms with Crippen LogP contribution in [-0.2, 0) is 12.0 Å². The van der Waals surface area contributed by atoms with Gasteiger partial charge in [0, 0.05) is 31.2 Å². The predicted molar refractivity (Wildman–Crippen MR) is 75.9 cm³/mol. The van der Waals surface area contributed by atoms with Gasteiger partial charge in [-0.15, -0.1) is 0 Å². The maximum absolute atomic E-state index is 4.02. The molecule has 0 aliphatic rings. The second-order valence-electron chi connectivity index (χ2n) is 5.55. The summed E-state index contributed by atoms with van der Waals surface area (Å²) in [5.74, 6) is 0. The van der Waals surface area contributed by atoms with E-state index < -0.39 is 0 Å². The third-order valence-electron chi connectivity index (χ3n) is 3.01. The van der Waals surface area contributed by atoms with Gasteiger partial charge in [0.05, 0.1) is 6.33 Å². The van der Waals surface area contributed by atoms with Gasteiger partial charge in [0.1, 0.15) is 0 Å². The van der Waals surface area contributed by atoms with Crippen molar-refractivity contribution in [2.45, 2.75) is 32.7 Å². The van der Waals surface area contributed by atoms with Crippen LogP contribution in [-0.4, -0.2) is 16.1 Å². The molecule has 2 rings (SSSR count). The Morgan fingerprint density at radius 3 is 2.44 bits per heavy atom. The van der Waals surface area contributed by atoms with E-state index in [9.17, 15) is 0 Å². The fraction of sp³-hybridized carbons (Fsp3) is 0.400. The van der Waals surface area contributed by atoms with Crippen molar-refractivity contribution in [1.29, 1.82) is 0 Å². The number of hydrogen-bond donors (Lipinski definition) is 1. The molecular weight excluding hydrogens is 222 g/mol. The minimum Gasteiger partial charge on any atom is -0.383 e. The van der Waals surface area contributed by atoms with Gasteiger partial charge in [0.2, 0.25) is 0 Å². The normalized spacial score (nSPS) is 11.5. The van der Waals surface area contributed by atoms with E-state index in [4.69, 9.17) is 0 Å². The standard InChI is InChI=1S/C15H21N3/c1-15(2,3)13-4-6-14(7-5-13)17-9-11-18-10-8-16-12-18/h4-8,10,12,17H,9,11H2,1-3H3. The minimum absolute atomic E-state index is 0.218. The Morgan fingerprint density at radius 1 is 1.17 bits per heavy atom. The second-order valence-corrected chi connectivity index (χ2v) is 5.55. The van der Waals surface area contributed by atoms with Crippen LogP contribution in [0.15, 0.2) is 43.0 Å². The first kappa shape index (κ1) is 12.7. The average molecular weight is 243 g/mol. The van der Waals surface area contributed by atoms with E-state index in [1.807, 2.05) is 12.5 Å². The molecule has 0 fully saturated rings. The molecule has 0 aliphatic heterocycles. The van der Waals surface area contributed by atoms with Crippen molar-refractivity contribution in [3.05, 3.63) is 48.5 Å². The first-order chi connectivity index (χ1) is 8.55. The smallest absolute Gasteiger partial charge is 0.0946 e. The highest BCUT2D eigenvalue weighted by Crippen LogP contribution is 2.23. The highest BCUT2D eigenvalue weighted by Gasteiger charge is 2.12. The van der Waals surface area contributed by atoms with E-state index >= 15 is 0 Å². The lowest BCUT2D eigenvalue weighted by atomic mass is 9.87. The zero-order valence-electron chi connectivity index (χ0n) is 11.4. The molecule has 96 valence electrons. The Hall–Kier alpha value is -1.77. The second kappa shape index (κ2) is 5.25. The molecule has 1 heterocycles. The number of rotatable bonds is 4. The van der Waals surface area contributed by atoms with Crippen LogP contribution in [0.1, 0.15) is 26.3 Å². The largest absolute Gasteiger partial charge is 0.383 e. The maximum atomic E-state index is 4.02. The van der Waals surface area contributed by atoms with Crippen molar-refractivity contribution >= 4 is 5.69 Å². The molecule has 0 spiro atoms. The molecule has 3 nitrogen and oxygen atoms in total. The summed E-state index contributed by atoms with van der Waals surface area (Å²) in [6, 6.07) is 8.68. The Labute approximate surface area is 109 Å². The minimum atomic E-state index is 0.218. The van der Waals surface area contributed by atoms with Gasteiger partial charge in [0.25, 0.3) is 0 Å². The van der Waals surface area contributed by atoms with E-state index in [0.717, 1.165) is 13.1 Å². The van der Waals surface area contributed by atoms with Crippen LogP contribution in [0.5, 0.6) is 0 Å². The molecule has 0 bridgehead atoms. The molecular formula is C15H21N3. The van der Waals surface area contributed by atoms with E-state index in [-0.39, 0.29) is 5.41 Å². The Bertz CT molecular complexity index is 463. The van der Waals surface area contributed by atoms with Gasteiger partial charge in [-0.05, 0) is 23.1 Å². The number of imidazole rings is 1. The summed E-state index contributed by atoms with van der Waals surface area (Å²) >= 11 is 0. The predicted octanol–water partition coefficient (Wildman–Crippen LogP) is 3.29. The van der Waals surface area contributed by atoms with Gasteiger partial charge in [-0.2, -0.15) is 0 Å². The molecule has 0 atom stereocenters. The number of nitrogens with zero attached hydrogens (tertiary/aromatic N) is 2. The van der Waals surface area contributed by atoms with Crippen molar-refractivity contribution in [1.82, 2.24) is 9.55 Å². The van der Waals surface area contributed by atoms with E-state index in [1.54, 1.807) is 6.20 Å². The van der Waals surface area contributed by atoms with E-state index in [1.165, 1.54) is 11.3 Å². The molecule has 3 heteroatoms. The number of nitrogens with one attached hydrogen (secondary N) is 1. The lowest BCUT2D eigenvalue weighted by Gasteiger charge is -2.19. The summed E-state index contributed by atoms with van der Waals surface area (Å²) in [7, 11) is 0. The van der Waals surface area contributed by atoms with Gasteiger partial charge in [-0.1, -0.05) is 32.9 Å². The summed E-state index contributed by atoms with van der Waals surface area (Å²) in [6.07, 6.45) is 5.62. The number of hydrogen-bond acceptors (Lipinski definition) is 2. The zero-order chi connectivity index (χ0) is 13.0. The summed E-state index contributed by atoms with van der Waals surface area (Å²) in [6.45, 7) is 8.53. The number of anilines is 1. The average Bonchev–Trinajstić information content (AvgIpc) is 2.82. The lowest BCUT2D eigenvalue weighted by molar-refractivity contribution is 0.590. The van der Waals surface area contributed by atoms with Crippen LogP contribution in [0.4, 0.5) is 5.69 Å². The van der Waals surface area contributed by atoms with Crippen LogP contribution in [0.25, 0.3) is 0 Å².